The van der Waals surface area contributed by atoms with Crippen LogP contribution in [-0.4, -0.2) is 48.4 Å². The van der Waals surface area contributed by atoms with Gasteiger partial charge in [-0.25, -0.2) is 0 Å². The Morgan fingerprint density at radius 2 is 1.76 bits per heavy atom. The van der Waals surface area contributed by atoms with Crippen molar-refractivity contribution in [1.29, 1.82) is 0 Å². The Balaban J connectivity index is 2.20. The van der Waals surface area contributed by atoms with Crippen molar-refractivity contribution in [2.75, 3.05) is 33.0 Å². The number of ether oxygens (including phenoxy) is 2. The van der Waals surface area contributed by atoms with Crippen molar-refractivity contribution in [1.82, 2.24) is 0 Å². The molecule has 2 unspecified atom stereocenters. The van der Waals surface area contributed by atoms with E-state index in [1.807, 2.05) is 0 Å². The monoisotopic (exact) mass is 318 g/mol. The van der Waals surface area contributed by atoms with Gasteiger partial charge in [-0.05, 0) is 44.1 Å². The largest absolute Gasteiger partial charge is 0.397 e. The van der Waals surface area contributed by atoms with Crippen LogP contribution in [0.25, 0.3) is 0 Å². The summed E-state index contributed by atoms with van der Waals surface area (Å²) in [6.45, 7) is 12.9. The quantitative estimate of drug-likeness (QED) is 0.280. The molecule has 2 atom stereocenters. The molecule has 126 valence electrons. The van der Waals surface area contributed by atoms with Crippen LogP contribution in [-0.2, 0) is 18.3 Å². The van der Waals surface area contributed by atoms with Gasteiger partial charge in [0.1, 0.15) is 6.10 Å². The highest BCUT2D eigenvalue weighted by Gasteiger charge is 2.26. The predicted molar refractivity (Wildman–Crippen MR) is 88.0 cm³/mol. The van der Waals surface area contributed by atoms with Crippen molar-refractivity contribution in [3.8, 4) is 0 Å². The summed E-state index contributed by atoms with van der Waals surface area (Å²) >= 11 is 0. The standard InChI is InChI=1S/C16H34O4Si/c1-5-16(6-2,7-3)14-20-21(19-8-4)11-9-10-17-12-15-13-18-15/h15,21H,5-14H2,1-4H3. The molecule has 0 radical (unpaired) electrons. The zero-order valence-corrected chi connectivity index (χ0v) is 15.5. The van der Waals surface area contributed by atoms with Crippen LogP contribution in [0.15, 0.2) is 0 Å². The van der Waals surface area contributed by atoms with Gasteiger partial charge in [-0.1, -0.05) is 20.8 Å². The molecule has 0 aromatic rings. The summed E-state index contributed by atoms with van der Waals surface area (Å²) in [7, 11) is -1.54. The van der Waals surface area contributed by atoms with Crippen LogP contribution in [0.3, 0.4) is 0 Å². The molecule has 0 aromatic carbocycles. The molecule has 0 aromatic heterocycles. The van der Waals surface area contributed by atoms with E-state index in [9.17, 15) is 0 Å². The Morgan fingerprint density at radius 3 is 2.29 bits per heavy atom. The lowest BCUT2D eigenvalue weighted by Gasteiger charge is -2.32. The SMILES string of the molecule is CCO[SiH](CCCOCC1CO1)OCC(CC)(CC)CC. The van der Waals surface area contributed by atoms with Gasteiger partial charge in [0.25, 0.3) is 0 Å². The molecule has 1 fully saturated rings. The summed E-state index contributed by atoms with van der Waals surface area (Å²) in [5.41, 5.74) is 0.335. The highest BCUT2D eigenvalue weighted by atomic mass is 28.3. The number of epoxide rings is 1. The van der Waals surface area contributed by atoms with Crippen molar-refractivity contribution >= 4 is 9.28 Å². The minimum Gasteiger partial charge on any atom is -0.397 e. The van der Waals surface area contributed by atoms with E-state index in [1.54, 1.807) is 0 Å². The van der Waals surface area contributed by atoms with E-state index < -0.39 is 9.28 Å². The lowest BCUT2D eigenvalue weighted by Crippen LogP contribution is -2.32. The van der Waals surface area contributed by atoms with Crippen LogP contribution < -0.4 is 0 Å². The Labute approximate surface area is 132 Å². The van der Waals surface area contributed by atoms with E-state index in [2.05, 4.69) is 27.7 Å². The average Bonchev–Trinajstić information content (AvgIpc) is 3.33. The molecular formula is C16H34O4Si. The van der Waals surface area contributed by atoms with E-state index in [0.717, 1.165) is 45.5 Å². The van der Waals surface area contributed by atoms with Crippen LogP contribution in [0.1, 0.15) is 53.4 Å². The maximum absolute atomic E-state index is 6.20. The van der Waals surface area contributed by atoms with Crippen LogP contribution in [0, 0.1) is 5.41 Å². The van der Waals surface area contributed by atoms with Gasteiger partial charge in [0.15, 0.2) is 0 Å². The Kier molecular flexibility index (Phi) is 9.76. The fourth-order valence-electron chi connectivity index (χ4n) is 2.46. The molecular weight excluding hydrogens is 284 g/mol. The summed E-state index contributed by atoms with van der Waals surface area (Å²) in [4.78, 5) is 0. The van der Waals surface area contributed by atoms with Crippen molar-refractivity contribution in [3.05, 3.63) is 0 Å². The number of hydrogen-bond donors (Lipinski definition) is 0. The summed E-state index contributed by atoms with van der Waals surface area (Å²) in [6, 6.07) is 1.03. The maximum Gasteiger partial charge on any atom is 0.321 e. The third-order valence-corrected chi connectivity index (χ3v) is 6.74. The van der Waals surface area contributed by atoms with Crippen molar-refractivity contribution < 1.29 is 18.3 Å². The molecule has 4 nitrogen and oxygen atoms in total. The summed E-state index contributed by atoms with van der Waals surface area (Å²) in [5, 5.41) is 0. The molecule has 1 rings (SSSR count). The van der Waals surface area contributed by atoms with Gasteiger partial charge in [0, 0.05) is 19.8 Å². The second kappa shape index (κ2) is 10.7. The van der Waals surface area contributed by atoms with Gasteiger partial charge in [0.05, 0.1) is 13.2 Å². The highest BCUT2D eigenvalue weighted by molar-refractivity contribution is 6.44. The Morgan fingerprint density at radius 1 is 1.10 bits per heavy atom. The predicted octanol–water partition coefficient (Wildman–Crippen LogP) is 3.28. The molecule has 21 heavy (non-hydrogen) atoms. The van der Waals surface area contributed by atoms with E-state index in [0.29, 0.717) is 11.5 Å². The van der Waals surface area contributed by atoms with Crippen molar-refractivity contribution in [3.63, 3.8) is 0 Å². The second-order valence-electron chi connectivity index (χ2n) is 5.93. The van der Waals surface area contributed by atoms with E-state index >= 15 is 0 Å². The van der Waals surface area contributed by atoms with Crippen LogP contribution in [0.2, 0.25) is 6.04 Å². The minimum absolute atomic E-state index is 0.335. The van der Waals surface area contributed by atoms with Gasteiger partial charge in [-0.2, -0.15) is 0 Å². The van der Waals surface area contributed by atoms with Crippen LogP contribution in [0.4, 0.5) is 0 Å². The first-order valence-electron chi connectivity index (χ1n) is 8.62. The molecule has 1 aliphatic heterocycles. The van der Waals surface area contributed by atoms with Crippen molar-refractivity contribution in [2.45, 2.75) is 65.5 Å². The molecule has 0 spiro atoms. The smallest absolute Gasteiger partial charge is 0.321 e. The molecule has 1 saturated heterocycles. The minimum atomic E-state index is -1.54. The molecule has 0 aliphatic carbocycles. The summed E-state index contributed by atoms with van der Waals surface area (Å²) in [5.74, 6) is 0. The van der Waals surface area contributed by atoms with Crippen molar-refractivity contribution in [2.24, 2.45) is 5.41 Å². The molecule has 0 amide bonds. The first kappa shape index (κ1) is 19.1. The normalized spacial score (nSPS) is 19.7. The van der Waals surface area contributed by atoms with Gasteiger partial charge in [-0.3, -0.25) is 0 Å². The molecule has 0 saturated carbocycles. The topological polar surface area (TPSA) is 40.2 Å². The number of rotatable bonds is 14. The van der Waals surface area contributed by atoms with Gasteiger partial charge in [-0.15, -0.1) is 0 Å². The first-order valence-corrected chi connectivity index (χ1v) is 10.4. The first-order chi connectivity index (χ1) is 10.2. The second-order valence-corrected chi connectivity index (χ2v) is 8.03. The van der Waals surface area contributed by atoms with E-state index in [-0.39, 0.29) is 0 Å². The molecule has 0 bridgehead atoms. The molecule has 5 heteroatoms. The zero-order valence-electron chi connectivity index (χ0n) is 14.4. The maximum atomic E-state index is 6.20. The Bertz CT molecular complexity index is 246. The molecule has 1 aliphatic rings. The third-order valence-electron chi connectivity index (χ3n) is 4.61. The summed E-state index contributed by atoms with van der Waals surface area (Å²) in [6.07, 6.45) is 4.93. The average molecular weight is 319 g/mol. The van der Waals surface area contributed by atoms with Crippen LogP contribution in [0.5, 0.6) is 0 Å². The molecule has 0 N–H and O–H groups in total. The summed E-state index contributed by atoms with van der Waals surface area (Å²) < 4.78 is 22.7. The van der Waals surface area contributed by atoms with E-state index in [1.165, 1.54) is 19.3 Å². The van der Waals surface area contributed by atoms with Crippen LogP contribution >= 0.6 is 0 Å². The van der Waals surface area contributed by atoms with Gasteiger partial charge >= 0.3 is 9.28 Å². The fraction of sp³-hybridized carbons (Fsp3) is 1.00. The van der Waals surface area contributed by atoms with Gasteiger partial charge in [0.2, 0.25) is 0 Å². The Hall–Kier alpha value is 0.0569. The highest BCUT2D eigenvalue weighted by Crippen LogP contribution is 2.31. The number of hydrogen-bond acceptors (Lipinski definition) is 4. The fourth-order valence-corrected chi connectivity index (χ4v) is 4.30. The van der Waals surface area contributed by atoms with E-state index in [4.69, 9.17) is 18.3 Å². The van der Waals surface area contributed by atoms with Gasteiger partial charge < -0.3 is 18.3 Å². The zero-order chi connectivity index (χ0) is 15.6. The third kappa shape index (κ3) is 7.75. The lowest BCUT2D eigenvalue weighted by molar-refractivity contribution is 0.0924. The molecule has 1 heterocycles. The lowest BCUT2D eigenvalue weighted by atomic mass is 9.81.